The summed E-state index contributed by atoms with van der Waals surface area (Å²) in [6, 6.07) is 7.36. The topological polar surface area (TPSA) is 79.1 Å². The SMILES string of the molecule is CCOc1cc(/C=c2\sc3nc4cc(C)c(C)cc4n3c2=O)cc(Cl)c1OCC(=O)OC. The summed E-state index contributed by atoms with van der Waals surface area (Å²) in [7, 11) is 1.28. The van der Waals surface area contributed by atoms with Crippen molar-refractivity contribution in [2.45, 2.75) is 20.8 Å². The summed E-state index contributed by atoms with van der Waals surface area (Å²) < 4.78 is 17.9. The molecule has 0 spiro atoms. The molecule has 166 valence electrons. The minimum absolute atomic E-state index is 0.143. The van der Waals surface area contributed by atoms with Gasteiger partial charge in [0.15, 0.2) is 23.1 Å². The molecule has 0 atom stereocenters. The van der Waals surface area contributed by atoms with E-state index in [4.69, 9.17) is 21.1 Å². The first-order valence-corrected chi connectivity index (χ1v) is 11.1. The van der Waals surface area contributed by atoms with E-state index in [-0.39, 0.29) is 22.9 Å². The fourth-order valence-corrected chi connectivity index (χ4v) is 4.59. The Morgan fingerprint density at radius 3 is 2.66 bits per heavy atom. The second-order valence-electron chi connectivity index (χ2n) is 7.20. The number of halogens is 1. The third kappa shape index (κ3) is 4.03. The number of esters is 1. The lowest BCUT2D eigenvalue weighted by atomic mass is 10.1. The van der Waals surface area contributed by atoms with Crippen molar-refractivity contribution in [3.63, 3.8) is 0 Å². The van der Waals surface area contributed by atoms with Gasteiger partial charge < -0.3 is 14.2 Å². The molecule has 0 unspecified atom stereocenters. The molecule has 4 aromatic rings. The van der Waals surface area contributed by atoms with Crippen LogP contribution < -0.4 is 19.6 Å². The number of hydrogen-bond donors (Lipinski definition) is 0. The Morgan fingerprint density at radius 1 is 1.19 bits per heavy atom. The molecule has 9 heteroatoms. The first-order valence-electron chi connectivity index (χ1n) is 9.92. The molecular formula is C23H21ClN2O5S. The van der Waals surface area contributed by atoms with Crippen molar-refractivity contribution in [3.05, 3.63) is 60.9 Å². The van der Waals surface area contributed by atoms with Gasteiger partial charge in [0.2, 0.25) is 0 Å². The van der Waals surface area contributed by atoms with Crippen molar-refractivity contribution in [2.75, 3.05) is 20.3 Å². The van der Waals surface area contributed by atoms with Crippen LogP contribution in [0.3, 0.4) is 0 Å². The quantitative estimate of drug-likeness (QED) is 0.398. The molecule has 0 aliphatic carbocycles. The third-order valence-corrected chi connectivity index (χ3v) is 6.30. The molecule has 4 rings (SSSR count). The fraction of sp³-hybridized carbons (Fsp3) is 0.261. The summed E-state index contributed by atoms with van der Waals surface area (Å²) in [5.41, 5.74) is 4.36. The molecule has 2 heterocycles. The number of ether oxygens (including phenoxy) is 3. The summed E-state index contributed by atoms with van der Waals surface area (Å²) in [4.78, 5) is 29.8. The van der Waals surface area contributed by atoms with Crippen molar-refractivity contribution < 1.29 is 19.0 Å². The summed E-state index contributed by atoms with van der Waals surface area (Å²) in [6.07, 6.45) is 1.74. The Labute approximate surface area is 192 Å². The van der Waals surface area contributed by atoms with Crippen LogP contribution in [0, 0.1) is 13.8 Å². The van der Waals surface area contributed by atoms with E-state index in [0.29, 0.717) is 27.4 Å². The minimum atomic E-state index is -0.533. The number of carbonyl (C=O) groups is 1. The first kappa shape index (κ1) is 22.1. The van der Waals surface area contributed by atoms with Gasteiger partial charge in [0.05, 0.1) is 34.3 Å². The van der Waals surface area contributed by atoms with Crippen LogP contribution in [0.1, 0.15) is 23.6 Å². The van der Waals surface area contributed by atoms with Crippen molar-refractivity contribution in [3.8, 4) is 11.5 Å². The molecule has 0 saturated carbocycles. The molecule has 0 aliphatic heterocycles. The first-order chi connectivity index (χ1) is 15.3. The average molecular weight is 473 g/mol. The van der Waals surface area contributed by atoms with Crippen molar-refractivity contribution in [1.82, 2.24) is 9.38 Å². The Hall–Kier alpha value is -3.10. The van der Waals surface area contributed by atoms with Crippen molar-refractivity contribution in [2.24, 2.45) is 0 Å². The van der Waals surface area contributed by atoms with Crippen LogP contribution in [-0.2, 0) is 9.53 Å². The monoisotopic (exact) mass is 472 g/mol. The van der Waals surface area contributed by atoms with E-state index in [9.17, 15) is 9.59 Å². The predicted molar refractivity (Wildman–Crippen MR) is 125 cm³/mol. The molecule has 0 radical (unpaired) electrons. The lowest BCUT2D eigenvalue weighted by molar-refractivity contribution is -0.142. The smallest absolute Gasteiger partial charge is 0.343 e. The zero-order chi connectivity index (χ0) is 23.0. The van der Waals surface area contributed by atoms with Gasteiger partial charge in [-0.3, -0.25) is 4.79 Å². The van der Waals surface area contributed by atoms with Gasteiger partial charge in [0.1, 0.15) is 0 Å². The van der Waals surface area contributed by atoms with Gasteiger partial charge >= 0.3 is 5.97 Å². The van der Waals surface area contributed by atoms with E-state index in [1.54, 1.807) is 22.6 Å². The van der Waals surface area contributed by atoms with Crippen LogP contribution in [0.25, 0.3) is 22.1 Å². The van der Waals surface area contributed by atoms with Gasteiger partial charge in [-0.1, -0.05) is 22.9 Å². The van der Waals surface area contributed by atoms with Crippen molar-refractivity contribution in [1.29, 1.82) is 0 Å². The number of fused-ring (bicyclic) bond motifs is 3. The molecule has 0 amide bonds. The average Bonchev–Trinajstić information content (AvgIpc) is 3.23. The van der Waals surface area contributed by atoms with E-state index in [2.05, 4.69) is 9.72 Å². The highest BCUT2D eigenvalue weighted by atomic mass is 35.5. The van der Waals surface area contributed by atoms with Crippen LogP contribution in [0.5, 0.6) is 11.5 Å². The van der Waals surface area contributed by atoms with E-state index >= 15 is 0 Å². The lowest BCUT2D eigenvalue weighted by Gasteiger charge is -2.13. The number of aryl methyl sites for hydroxylation is 2. The second-order valence-corrected chi connectivity index (χ2v) is 8.61. The molecule has 2 aromatic heterocycles. The highest BCUT2D eigenvalue weighted by molar-refractivity contribution is 7.15. The Balaban J connectivity index is 1.80. The molecule has 2 aromatic carbocycles. The molecule has 7 nitrogen and oxygen atoms in total. The van der Waals surface area contributed by atoms with E-state index in [0.717, 1.165) is 22.2 Å². The third-order valence-electron chi connectivity index (χ3n) is 5.05. The number of carbonyl (C=O) groups excluding carboxylic acids is 1. The molecule has 32 heavy (non-hydrogen) atoms. The molecule has 0 N–H and O–H groups in total. The summed E-state index contributed by atoms with van der Waals surface area (Å²) in [5, 5.41) is 0.261. The summed E-state index contributed by atoms with van der Waals surface area (Å²) in [6.45, 7) is 5.95. The number of nitrogens with zero attached hydrogens (tertiary/aromatic N) is 2. The minimum Gasteiger partial charge on any atom is -0.490 e. The number of imidazole rings is 1. The zero-order valence-electron chi connectivity index (χ0n) is 18.0. The Bertz CT molecular complexity index is 1460. The Kier molecular flexibility index (Phi) is 6.08. The normalized spacial score (nSPS) is 12.0. The number of methoxy groups -OCH3 is 1. The highest BCUT2D eigenvalue weighted by Crippen LogP contribution is 2.37. The predicted octanol–water partition coefficient (Wildman–Crippen LogP) is 3.68. The molecule has 0 aliphatic rings. The van der Waals surface area contributed by atoms with Crippen LogP contribution in [0.4, 0.5) is 0 Å². The second kappa shape index (κ2) is 8.80. The van der Waals surface area contributed by atoms with E-state index < -0.39 is 5.97 Å². The summed E-state index contributed by atoms with van der Waals surface area (Å²) >= 11 is 7.71. The molecule has 0 fully saturated rings. The van der Waals surface area contributed by atoms with Crippen LogP contribution in [-0.4, -0.2) is 35.7 Å². The van der Waals surface area contributed by atoms with E-state index in [1.807, 2.05) is 32.9 Å². The van der Waals surface area contributed by atoms with Gasteiger partial charge in [-0.05, 0) is 67.8 Å². The Morgan fingerprint density at radius 2 is 1.94 bits per heavy atom. The number of rotatable bonds is 6. The van der Waals surface area contributed by atoms with E-state index in [1.165, 1.54) is 18.4 Å². The summed E-state index contributed by atoms with van der Waals surface area (Å²) in [5.74, 6) is 0.0893. The van der Waals surface area contributed by atoms with Gasteiger partial charge in [-0.15, -0.1) is 0 Å². The molecule has 0 bridgehead atoms. The largest absolute Gasteiger partial charge is 0.490 e. The van der Waals surface area contributed by atoms with Gasteiger partial charge in [0.25, 0.3) is 5.56 Å². The van der Waals surface area contributed by atoms with Crippen molar-refractivity contribution >= 4 is 51.0 Å². The van der Waals surface area contributed by atoms with Crippen LogP contribution in [0.2, 0.25) is 5.02 Å². The maximum atomic E-state index is 13.1. The molecular weight excluding hydrogens is 452 g/mol. The standard InChI is InChI=1S/C23H21ClN2O5S/c1-5-30-18-9-14(8-15(24)21(18)31-11-20(27)29-4)10-19-22(28)26-17-7-13(3)12(2)6-16(17)25-23(26)32-19/h6-10H,5,11H2,1-4H3/b19-10-. The van der Waals surface area contributed by atoms with Crippen LogP contribution in [0.15, 0.2) is 29.1 Å². The lowest BCUT2D eigenvalue weighted by Crippen LogP contribution is -2.22. The van der Waals surface area contributed by atoms with Gasteiger partial charge in [-0.2, -0.15) is 0 Å². The number of benzene rings is 2. The number of thiazole rings is 1. The zero-order valence-corrected chi connectivity index (χ0v) is 19.6. The van der Waals surface area contributed by atoms with Gasteiger partial charge in [-0.25, -0.2) is 14.2 Å². The molecule has 0 saturated heterocycles. The van der Waals surface area contributed by atoms with Gasteiger partial charge in [0, 0.05) is 0 Å². The highest BCUT2D eigenvalue weighted by Gasteiger charge is 2.16. The number of hydrogen-bond acceptors (Lipinski definition) is 7. The fourth-order valence-electron chi connectivity index (χ4n) is 3.33. The maximum Gasteiger partial charge on any atom is 0.343 e. The number of aromatic nitrogens is 2. The maximum absolute atomic E-state index is 13.1. The van der Waals surface area contributed by atoms with Crippen LogP contribution >= 0.6 is 22.9 Å².